The van der Waals surface area contributed by atoms with Crippen LogP contribution in [-0.2, 0) is 16.0 Å². The van der Waals surface area contributed by atoms with Gasteiger partial charge in [0.05, 0.1) is 0 Å². The van der Waals surface area contributed by atoms with Gasteiger partial charge in [0.15, 0.2) is 0 Å². The number of aryl methyl sites for hydroxylation is 2. The molecule has 1 aliphatic carbocycles. The number of carbonyl (C=O) groups is 2. The van der Waals surface area contributed by atoms with E-state index in [1.54, 1.807) is 0 Å². The molecule has 120 valence electrons. The van der Waals surface area contributed by atoms with E-state index in [-0.39, 0.29) is 5.91 Å². The van der Waals surface area contributed by atoms with Crippen LogP contribution in [0.5, 0.6) is 0 Å². The molecular weight excluding hydrogens is 276 g/mol. The Kier molecular flexibility index (Phi) is 5.58. The van der Waals surface area contributed by atoms with Crippen LogP contribution < -0.4 is 11.1 Å². The topological polar surface area (TPSA) is 72.2 Å². The summed E-state index contributed by atoms with van der Waals surface area (Å²) in [6, 6.07) is 5.44. The zero-order valence-corrected chi connectivity index (χ0v) is 13.5. The molecule has 1 aromatic carbocycles. The highest BCUT2D eigenvalue weighted by molar-refractivity contribution is 5.86. The first-order chi connectivity index (χ1) is 10.5. The Hall–Kier alpha value is -1.84. The van der Waals surface area contributed by atoms with E-state index in [2.05, 4.69) is 5.32 Å². The SMILES string of the molecule is Cc1ccc(C[C@@H](NC(=O)CC2CCCC2)C(N)=O)cc1C. The molecule has 0 spiro atoms. The Morgan fingerprint density at radius 1 is 1.23 bits per heavy atom. The fourth-order valence-corrected chi connectivity index (χ4v) is 3.12. The Morgan fingerprint density at radius 2 is 1.91 bits per heavy atom. The van der Waals surface area contributed by atoms with Crippen molar-refractivity contribution in [2.75, 3.05) is 0 Å². The van der Waals surface area contributed by atoms with Gasteiger partial charge in [0.1, 0.15) is 6.04 Å². The number of amides is 2. The largest absolute Gasteiger partial charge is 0.368 e. The highest BCUT2D eigenvalue weighted by Crippen LogP contribution is 2.27. The first kappa shape index (κ1) is 16.5. The number of benzene rings is 1. The molecule has 2 amide bonds. The zero-order chi connectivity index (χ0) is 16.1. The van der Waals surface area contributed by atoms with E-state index in [0.29, 0.717) is 18.8 Å². The summed E-state index contributed by atoms with van der Waals surface area (Å²) >= 11 is 0. The third-order valence-corrected chi connectivity index (χ3v) is 4.64. The summed E-state index contributed by atoms with van der Waals surface area (Å²) in [6.45, 7) is 4.09. The summed E-state index contributed by atoms with van der Waals surface area (Å²) in [5.41, 5.74) is 8.87. The molecule has 2 rings (SSSR count). The summed E-state index contributed by atoms with van der Waals surface area (Å²) < 4.78 is 0. The van der Waals surface area contributed by atoms with E-state index in [0.717, 1.165) is 18.4 Å². The fraction of sp³-hybridized carbons (Fsp3) is 0.556. The van der Waals surface area contributed by atoms with Crippen LogP contribution >= 0.6 is 0 Å². The van der Waals surface area contributed by atoms with Gasteiger partial charge in [-0.3, -0.25) is 9.59 Å². The standard InChI is InChI=1S/C18H26N2O2/c1-12-7-8-15(9-13(12)2)10-16(18(19)22)20-17(21)11-14-5-3-4-6-14/h7-9,14,16H,3-6,10-11H2,1-2H3,(H2,19,22)(H,20,21)/t16-/m1/s1. The lowest BCUT2D eigenvalue weighted by atomic mass is 9.99. The second-order valence-corrected chi connectivity index (χ2v) is 6.50. The average Bonchev–Trinajstić information content (AvgIpc) is 2.94. The van der Waals surface area contributed by atoms with Crippen LogP contribution in [0.3, 0.4) is 0 Å². The fourth-order valence-electron chi connectivity index (χ4n) is 3.12. The van der Waals surface area contributed by atoms with Gasteiger partial charge in [0, 0.05) is 12.8 Å². The molecule has 0 unspecified atom stereocenters. The maximum Gasteiger partial charge on any atom is 0.240 e. The van der Waals surface area contributed by atoms with Crippen molar-refractivity contribution in [1.82, 2.24) is 5.32 Å². The van der Waals surface area contributed by atoms with Gasteiger partial charge in [0.2, 0.25) is 11.8 Å². The van der Waals surface area contributed by atoms with Gasteiger partial charge in [0.25, 0.3) is 0 Å². The molecule has 1 aliphatic rings. The summed E-state index contributed by atoms with van der Waals surface area (Å²) in [6.07, 6.45) is 5.61. The molecule has 0 saturated heterocycles. The minimum atomic E-state index is -0.629. The van der Waals surface area contributed by atoms with Gasteiger partial charge in [-0.1, -0.05) is 31.0 Å². The lowest BCUT2D eigenvalue weighted by Gasteiger charge is -2.17. The number of primary amides is 1. The van der Waals surface area contributed by atoms with Crippen molar-refractivity contribution < 1.29 is 9.59 Å². The molecule has 0 aromatic heterocycles. The third-order valence-electron chi connectivity index (χ3n) is 4.64. The highest BCUT2D eigenvalue weighted by atomic mass is 16.2. The van der Waals surface area contributed by atoms with Crippen LogP contribution in [0.25, 0.3) is 0 Å². The predicted molar refractivity (Wildman–Crippen MR) is 87.3 cm³/mol. The van der Waals surface area contributed by atoms with Crippen LogP contribution in [-0.4, -0.2) is 17.9 Å². The van der Waals surface area contributed by atoms with Crippen LogP contribution in [0.2, 0.25) is 0 Å². The molecule has 0 radical (unpaired) electrons. The van der Waals surface area contributed by atoms with Gasteiger partial charge < -0.3 is 11.1 Å². The molecule has 4 nitrogen and oxygen atoms in total. The number of hydrogen-bond donors (Lipinski definition) is 2. The van der Waals surface area contributed by atoms with E-state index in [9.17, 15) is 9.59 Å². The van der Waals surface area contributed by atoms with E-state index >= 15 is 0 Å². The first-order valence-electron chi connectivity index (χ1n) is 8.10. The second-order valence-electron chi connectivity index (χ2n) is 6.50. The van der Waals surface area contributed by atoms with Gasteiger partial charge in [-0.2, -0.15) is 0 Å². The van der Waals surface area contributed by atoms with Crippen molar-refractivity contribution in [3.05, 3.63) is 34.9 Å². The van der Waals surface area contributed by atoms with Gasteiger partial charge >= 0.3 is 0 Å². The zero-order valence-electron chi connectivity index (χ0n) is 13.5. The van der Waals surface area contributed by atoms with Crippen molar-refractivity contribution in [1.29, 1.82) is 0 Å². The molecule has 4 heteroatoms. The third kappa shape index (κ3) is 4.58. The predicted octanol–water partition coefficient (Wildman–Crippen LogP) is 2.40. The molecule has 1 aromatic rings. The van der Waals surface area contributed by atoms with Crippen molar-refractivity contribution in [2.24, 2.45) is 11.7 Å². The lowest BCUT2D eigenvalue weighted by molar-refractivity contribution is -0.127. The Labute approximate surface area is 132 Å². The van der Waals surface area contributed by atoms with Gasteiger partial charge in [-0.25, -0.2) is 0 Å². The monoisotopic (exact) mass is 302 g/mol. The highest BCUT2D eigenvalue weighted by Gasteiger charge is 2.22. The molecule has 1 atom stereocenters. The maximum atomic E-state index is 12.1. The Morgan fingerprint density at radius 3 is 2.50 bits per heavy atom. The molecule has 3 N–H and O–H groups in total. The smallest absolute Gasteiger partial charge is 0.240 e. The van der Waals surface area contributed by atoms with Crippen LogP contribution in [0.1, 0.15) is 48.8 Å². The number of hydrogen-bond acceptors (Lipinski definition) is 2. The second kappa shape index (κ2) is 7.43. The van der Waals surface area contributed by atoms with Gasteiger partial charge in [-0.05, 0) is 49.3 Å². The number of nitrogens with one attached hydrogen (secondary N) is 1. The molecule has 22 heavy (non-hydrogen) atoms. The molecule has 0 aliphatic heterocycles. The van der Waals surface area contributed by atoms with Crippen molar-refractivity contribution in [3.8, 4) is 0 Å². The summed E-state index contributed by atoms with van der Waals surface area (Å²) in [7, 11) is 0. The van der Waals surface area contributed by atoms with Crippen molar-refractivity contribution in [2.45, 2.75) is 58.4 Å². The quantitative estimate of drug-likeness (QED) is 0.847. The molecule has 1 saturated carbocycles. The maximum absolute atomic E-state index is 12.1. The van der Waals surface area contributed by atoms with Crippen LogP contribution in [0.15, 0.2) is 18.2 Å². The van der Waals surface area contributed by atoms with Crippen molar-refractivity contribution in [3.63, 3.8) is 0 Å². The minimum absolute atomic E-state index is 0.0560. The van der Waals surface area contributed by atoms with E-state index < -0.39 is 11.9 Å². The van der Waals surface area contributed by atoms with Gasteiger partial charge in [-0.15, -0.1) is 0 Å². The van der Waals surface area contributed by atoms with Crippen LogP contribution in [0.4, 0.5) is 0 Å². The van der Waals surface area contributed by atoms with Crippen LogP contribution in [0, 0.1) is 19.8 Å². The molecule has 0 bridgehead atoms. The van der Waals surface area contributed by atoms with E-state index in [1.165, 1.54) is 24.0 Å². The molecular formula is C18H26N2O2. The first-order valence-corrected chi connectivity index (χ1v) is 8.10. The average molecular weight is 302 g/mol. The number of rotatable bonds is 6. The Bertz CT molecular complexity index is 548. The van der Waals surface area contributed by atoms with E-state index in [1.807, 2.05) is 32.0 Å². The van der Waals surface area contributed by atoms with E-state index in [4.69, 9.17) is 5.73 Å². The van der Waals surface area contributed by atoms with Crippen molar-refractivity contribution >= 4 is 11.8 Å². The minimum Gasteiger partial charge on any atom is -0.368 e. The summed E-state index contributed by atoms with van der Waals surface area (Å²) in [4.78, 5) is 23.7. The summed E-state index contributed by atoms with van der Waals surface area (Å²) in [5.74, 6) is -0.0623. The lowest BCUT2D eigenvalue weighted by Crippen LogP contribution is -2.46. The number of carbonyl (C=O) groups excluding carboxylic acids is 2. The Balaban J connectivity index is 1.95. The normalized spacial score (nSPS) is 16.5. The molecule has 1 fully saturated rings. The summed E-state index contributed by atoms with van der Waals surface area (Å²) in [5, 5.41) is 2.81. The molecule has 0 heterocycles. The number of nitrogens with two attached hydrogens (primary N) is 1.